The Morgan fingerprint density at radius 3 is 2.68 bits per heavy atom. The van der Waals surface area contributed by atoms with E-state index in [0.717, 1.165) is 18.5 Å². The van der Waals surface area contributed by atoms with Crippen molar-refractivity contribution in [3.63, 3.8) is 0 Å². The number of hydrogen-bond donors (Lipinski definition) is 1. The number of aliphatic carboxylic acids is 1. The summed E-state index contributed by atoms with van der Waals surface area (Å²) in [6.45, 7) is 2.62. The molecule has 1 N–H and O–H groups in total. The molecule has 0 fully saturated rings. The lowest BCUT2D eigenvalue weighted by Crippen LogP contribution is -2.36. The van der Waals surface area contributed by atoms with Gasteiger partial charge in [0.15, 0.2) is 0 Å². The topological polar surface area (TPSA) is 40.5 Å². The van der Waals surface area contributed by atoms with E-state index in [1.807, 2.05) is 0 Å². The third kappa shape index (κ3) is 3.85. The van der Waals surface area contributed by atoms with Crippen molar-refractivity contribution < 1.29 is 9.90 Å². The highest BCUT2D eigenvalue weighted by Gasteiger charge is 2.18. The van der Waals surface area contributed by atoms with Gasteiger partial charge in [-0.1, -0.05) is 29.8 Å². The van der Waals surface area contributed by atoms with E-state index in [9.17, 15) is 4.79 Å². The molecule has 1 aromatic rings. The lowest BCUT2D eigenvalue weighted by atomic mass is 10.0. The molecule has 0 bridgehead atoms. The first-order valence-corrected chi connectivity index (χ1v) is 6.88. The fourth-order valence-corrected chi connectivity index (χ4v) is 2.49. The predicted octanol–water partition coefficient (Wildman–Crippen LogP) is 3.38. The number of hydrogen-bond acceptors (Lipinski definition) is 2. The highest BCUT2D eigenvalue weighted by molar-refractivity contribution is 5.68. The van der Waals surface area contributed by atoms with Gasteiger partial charge in [-0.15, -0.1) is 0 Å². The molecule has 2 rings (SSSR count). The molecule has 0 spiro atoms. The van der Waals surface area contributed by atoms with Crippen LogP contribution in [0.15, 0.2) is 36.4 Å². The normalized spacial score (nSPS) is 18.3. The summed E-state index contributed by atoms with van der Waals surface area (Å²) >= 11 is 0. The molecule has 1 atom stereocenters. The van der Waals surface area contributed by atoms with E-state index in [1.165, 1.54) is 12.0 Å². The van der Waals surface area contributed by atoms with Gasteiger partial charge in [0.2, 0.25) is 0 Å². The van der Waals surface area contributed by atoms with Gasteiger partial charge in [0, 0.05) is 18.3 Å². The van der Waals surface area contributed by atoms with Gasteiger partial charge in [0.05, 0.1) is 6.42 Å². The van der Waals surface area contributed by atoms with E-state index < -0.39 is 5.97 Å². The molecule has 19 heavy (non-hydrogen) atoms. The number of carboxylic acid groups (broad SMARTS) is 1. The Morgan fingerprint density at radius 2 is 2.11 bits per heavy atom. The first kappa shape index (κ1) is 13.7. The fraction of sp³-hybridized carbons (Fsp3) is 0.438. The Bertz CT molecular complexity index is 450. The highest BCUT2D eigenvalue weighted by Crippen LogP contribution is 2.24. The number of anilines is 1. The number of aryl methyl sites for hydroxylation is 1. The second kappa shape index (κ2) is 6.41. The summed E-state index contributed by atoms with van der Waals surface area (Å²) in [5, 5.41) is 8.91. The van der Waals surface area contributed by atoms with Crippen molar-refractivity contribution in [2.45, 2.75) is 38.6 Å². The molecule has 0 amide bonds. The van der Waals surface area contributed by atoms with Crippen LogP contribution >= 0.6 is 0 Å². The van der Waals surface area contributed by atoms with Crippen LogP contribution in [0.1, 0.15) is 31.2 Å². The van der Waals surface area contributed by atoms with E-state index in [-0.39, 0.29) is 6.42 Å². The quantitative estimate of drug-likeness (QED) is 0.824. The number of benzene rings is 1. The van der Waals surface area contributed by atoms with E-state index in [4.69, 9.17) is 5.11 Å². The molecule has 3 nitrogen and oxygen atoms in total. The molecule has 0 aromatic heterocycles. The molecular weight excluding hydrogens is 238 g/mol. The molecule has 0 saturated carbocycles. The third-order valence-electron chi connectivity index (χ3n) is 3.56. The van der Waals surface area contributed by atoms with Gasteiger partial charge in [-0.05, 0) is 38.3 Å². The Kier molecular flexibility index (Phi) is 4.61. The summed E-state index contributed by atoms with van der Waals surface area (Å²) in [7, 11) is 0. The second-order valence-electron chi connectivity index (χ2n) is 5.10. The van der Waals surface area contributed by atoms with Gasteiger partial charge in [0.1, 0.15) is 0 Å². The van der Waals surface area contributed by atoms with E-state index in [1.54, 1.807) is 0 Å². The number of carbonyl (C=O) groups is 1. The van der Waals surface area contributed by atoms with E-state index >= 15 is 0 Å². The van der Waals surface area contributed by atoms with Crippen LogP contribution in [0, 0.1) is 6.92 Å². The molecule has 0 saturated heterocycles. The van der Waals surface area contributed by atoms with Crippen molar-refractivity contribution in [2.24, 2.45) is 0 Å². The van der Waals surface area contributed by atoms with Crippen LogP contribution in [0.4, 0.5) is 5.69 Å². The smallest absolute Gasteiger partial charge is 0.305 e. The Labute approximate surface area is 114 Å². The van der Waals surface area contributed by atoms with Crippen molar-refractivity contribution >= 4 is 11.7 Å². The zero-order valence-electron chi connectivity index (χ0n) is 11.4. The monoisotopic (exact) mass is 259 g/mol. The van der Waals surface area contributed by atoms with Gasteiger partial charge in [-0.2, -0.15) is 0 Å². The molecule has 102 valence electrons. The number of rotatable bonds is 5. The molecular formula is C16H21NO2. The van der Waals surface area contributed by atoms with Crippen LogP contribution < -0.4 is 4.90 Å². The van der Waals surface area contributed by atoms with Crippen LogP contribution in [0.2, 0.25) is 0 Å². The average molecular weight is 259 g/mol. The number of nitrogens with zero attached hydrogens (tertiary/aromatic N) is 1. The molecule has 1 aromatic carbocycles. The van der Waals surface area contributed by atoms with Crippen molar-refractivity contribution in [3.05, 3.63) is 42.0 Å². The van der Waals surface area contributed by atoms with Crippen molar-refractivity contribution in [2.75, 3.05) is 11.4 Å². The molecule has 1 aliphatic rings. The first-order valence-electron chi connectivity index (χ1n) is 6.88. The maximum absolute atomic E-state index is 10.8. The fourth-order valence-electron chi connectivity index (χ4n) is 2.49. The van der Waals surface area contributed by atoms with Crippen LogP contribution in [0.25, 0.3) is 0 Å². The zero-order chi connectivity index (χ0) is 13.7. The van der Waals surface area contributed by atoms with Gasteiger partial charge in [0.25, 0.3) is 0 Å². The minimum atomic E-state index is -0.739. The summed E-state index contributed by atoms with van der Waals surface area (Å²) in [6, 6.07) is 8.65. The van der Waals surface area contributed by atoms with Crippen LogP contribution in [-0.4, -0.2) is 23.7 Å². The van der Waals surface area contributed by atoms with Gasteiger partial charge in [-0.3, -0.25) is 4.79 Å². The Balaban J connectivity index is 2.17. The van der Waals surface area contributed by atoms with Crippen LogP contribution in [0.3, 0.4) is 0 Å². The second-order valence-corrected chi connectivity index (χ2v) is 5.10. The van der Waals surface area contributed by atoms with Crippen LogP contribution in [0.5, 0.6) is 0 Å². The molecule has 1 aliphatic carbocycles. The molecule has 3 heteroatoms. The average Bonchev–Trinajstić information content (AvgIpc) is 2.42. The summed E-state index contributed by atoms with van der Waals surface area (Å²) in [4.78, 5) is 13.0. The lowest BCUT2D eigenvalue weighted by molar-refractivity contribution is -0.136. The predicted molar refractivity (Wildman–Crippen MR) is 77.6 cm³/mol. The summed E-state index contributed by atoms with van der Waals surface area (Å²) in [6.07, 6.45) is 8.01. The standard InChI is InChI=1S/C16H21NO2/c1-13-7-9-15(10-8-13)17(12-11-16(18)19)14-5-3-2-4-6-14/h3,5,7-10,14H,2,4,6,11-12H2,1H3,(H,18,19). The third-order valence-corrected chi connectivity index (χ3v) is 3.56. The van der Waals surface area contributed by atoms with Crippen molar-refractivity contribution in [1.29, 1.82) is 0 Å². The summed E-state index contributed by atoms with van der Waals surface area (Å²) < 4.78 is 0. The van der Waals surface area contributed by atoms with E-state index in [0.29, 0.717) is 12.6 Å². The van der Waals surface area contributed by atoms with E-state index in [2.05, 4.69) is 48.2 Å². The molecule has 0 aliphatic heterocycles. The Hall–Kier alpha value is -1.77. The van der Waals surface area contributed by atoms with Crippen LogP contribution in [-0.2, 0) is 4.79 Å². The molecule has 0 radical (unpaired) electrons. The van der Waals surface area contributed by atoms with Crippen molar-refractivity contribution in [3.8, 4) is 0 Å². The summed E-state index contributed by atoms with van der Waals surface area (Å²) in [5.41, 5.74) is 2.34. The largest absolute Gasteiger partial charge is 0.481 e. The van der Waals surface area contributed by atoms with Gasteiger partial charge >= 0.3 is 5.97 Å². The maximum atomic E-state index is 10.8. The van der Waals surface area contributed by atoms with Gasteiger partial charge < -0.3 is 10.0 Å². The molecule has 0 heterocycles. The maximum Gasteiger partial charge on any atom is 0.305 e. The Morgan fingerprint density at radius 1 is 1.37 bits per heavy atom. The first-order chi connectivity index (χ1) is 9.16. The minimum absolute atomic E-state index is 0.179. The summed E-state index contributed by atoms with van der Waals surface area (Å²) in [5.74, 6) is -0.739. The SMILES string of the molecule is Cc1ccc(N(CCC(=O)O)C2C=CCCC2)cc1. The van der Waals surface area contributed by atoms with Crippen molar-refractivity contribution in [1.82, 2.24) is 0 Å². The highest BCUT2D eigenvalue weighted by atomic mass is 16.4. The number of carboxylic acids is 1. The zero-order valence-corrected chi connectivity index (χ0v) is 11.4. The lowest BCUT2D eigenvalue weighted by Gasteiger charge is -2.33. The minimum Gasteiger partial charge on any atom is -0.481 e. The van der Waals surface area contributed by atoms with Gasteiger partial charge in [-0.25, -0.2) is 0 Å². The number of allylic oxidation sites excluding steroid dienone is 1. The molecule has 1 unspecified atom stereocenters.